The molecule has 100 valence electrons. The Labute approximate surface area is 114 Å². The smallest absolute Gasteiger partial charge is 0.0216 e. The second kappa shape index (κ2) is 6.18. The molecule has 1 aromatic rings. The Morgan fingerprint density at radius 2 is 2.22 bits per heavy atom. The minimum absolute atomic E-state index is 0.737. The summed E-state index contributed by atoms with van der Waals surface area (Å²) in [5, 5.41) is 12.0. The molecule has 1 aromatic heterocycles. The van der Waals surface area contributed by atoms with Crippen LogP contribution in [0.4, 0.5) is 0 Å². The molecule has 0 bridgehead atoms. The van der Waals surface area contributed by atoms with E-state index in [0.717, 1.165) is 24.5 Å². The average molecular weight is 264 g/mol. The van der Waals surface area contributed by atoms with E-state index in [0.29, 0.717) is 0 Å². The Bertz CT molecular complexity index is 343. The van der Waals surface area contributed by atoms with Crippen molar-refractivity contribution in [3.63, 3.8) is 0 Å². The zero-order chi connectivity index (χ0) is 12.2. The van der Waals surface area contributed by atoms with E-state index in [2.05, 4.69) is 27.5 Å². The minimum atomic E-state index is 0.737. The maximum atomic E-state index is 3.80. The van der Waals surface area contributed by atoms with Crippen molar-refractivity contribution in [3.8, 4) is 0 Å². The fourth-order valence-electron chi connectivity index (χ4n) is 3.61. The molecule has 2 N–H and O–H groups in total. The van der Waals surface area contributed by atoms with Crippen LogP contribution in [0.3, 0.4) is 0 Å². The van der Waals surface area contributed by atoms with Crippen LogP contribution < -0.4 is 10.6 Å². The topological polar surface area (TPSA) is 24.1 Å². The predicted molar refractivity (Wildman–Crippen MR) is 77.9 cm³/mol. The molecule has 1 saturated carbocycles. The van der Waals surface area contributed by atoms with E-state index in [1.807, 2.05) is 0 Å². The van der Waals surface area contributed by atoms with Gasteiger partial charge in [-0.15, -0.1) is 0 Å². The monoisotopic (exact) mass is 264 g/mol. The third-order valence-corrected chi connectivity index (χ3v) is 5.32. The lowest BCUT2D eigenvalue weighted by Gasteiger charge is -2.33. The highest BCUT2D eigenvalue weighted by Gasteiger charge is 2.33. The number of piperidine rings is 1. The van der Waals surface area contributed by atoms with Gasteiger partial charge in [0.15, 0.2) is 0 Å². The van der Waals surface area contributed by atoms with Gasteiger partial charge in [-0.2, -0.15) is 11.3 Å². The van der Waals surface area contributed by atoms with Crippen LogP contribution >= 0.6 is 11.3 Å². The molecule has 3 heteroatoms. The van der Waals surface area contributed by atoms with E-state index in [1.165, 1.54) is 50.6 Å². The fourth-order valence-corrected chi connectivity index (χ4v) is 4.28. The normalized spacial score (nSPS) is 32.8. The highest BCUT2D eigenvalue weighted by Crippen LogP contribution is 2.31. The first-order valence-electron chi connectivity index (χ1n) is 7.41. The van der Waals surface area contributed by atoms with E-state index in [4.69, 9.17) is 0 Å². The quantitative estimate of drug-likeness (QED) is 0.873. The van der Waals surface area contributed by atoms with Crippen molar-refractivity contribution in [3.05, 3.63) is 22.4 Å². The molecule has 0 spiro atoms. The largest absolute Gasteiger partial charge is 0.314 e. The van der Waals surface area contributed by atoms with Gasteiger partial charge in [0.05, 0.1) is 0 Å². The van der Waals surface area contributed by atoms with Crippen LogP contribution in [0.1, 0.15) is 44.1 Å². The molecule has 0 radical (unpaired) electrons. The van der Waals surface area contributed by atoms with Crippen LogP contribution in [0.25, 0.3) is 0 Å². The maximum Gasteiger partial charge on any atom is 0.0216 e. The molecule has 1 saturated heterocycles. The van der Waals surface area contributed by atoms with Crippen LogP contribution in [0, 0.1) is 5.92 Å². The molecular formula is C15H24N2S. The fraction of sp³-hybridized carbons (Fsp3) is 0.733. The Morgan fingerprint density at radius 3 is 3.00 bits per heavy atom. The van der Waals surface area contributed by atoms with E-state index in [-0.39, 0.29) is 0 Å². The summed E-state index contributed by atoms with van der Waals surface area (Å²) < 4.78 is 0. The van der Waals surface area contributed by atoms with Crippen LogP contribution in [0.2, 0.25) is 0 Å². The molecule has 2 nitrogen and oxygen atoms in total. The van der Waals surface area contributed by atoms with Gasteiger partial charge >= 0.3 is 0 Å². The number of thiophene rings is 1. The Morgan fingerprint density at radius 1 is 1.22 bits per heavy atom. The first-order chi connectivity index (χ1) is 8.93. The van der Waals surface area contributed by atoms with Gasteiger partial charge in [-0.05, 0) is 60.5 Å². The van der Waals surface area contributed by atoms with Gasteiger partial charge in [0.25, 0.3) is 0 Å². The standard InChI is InChI=1S/C15H24N2S/c1-2-8-16-14(5-1)13-4-3-6-15(13)17-10-12-7-9-18-11-12/h7,9,11,13-17H,1-6,8,10H2. The van der Waals surface area contributed by atoms with Crippen molar-refractivity contribution < 1.29 is 0 Å². The lowest BCUT2D eigenvalue weighted by atomic mass is 9.88. The molecule has 3 unspecified atom stereocenters. The summed E-state index contributed by atoms with van der Waals surface area (Å²) >= 11 is 1.80. The van der Waals surface area contributed by atoms with Crippen LogP contribution in [0.5, 0.6) is 0 Å². The summed E-state index contributed by atoms with van der Waals surface area (Å²) in [6.07, 6.45) is 8.37. The predicted octanol–water partition coefficient (Wildman–Crippen LogP) is 3.15. The van der Waals surface area contributed by atoms with Crippen molar-refractivity contribution in [2.24, 2.45) is 5.92 Å². The number of hydrogen-bond donors (Lipinski definition) is 2. The van der Waals surface area contributed by atoms with Gasteiger partial charge in [-0.1, -0.05) is 12.8 Å². The molecule has 1 aliphatic carbocycles. The van der Waals surface area contributed by atoms with Gasteiger partial charge < -0.3 is 10.6 Å². The number of rotatable bonds is 4. The van der Waals surface area contributed by atoms with Gasteiger partial charge in [-0.3, -0.25) is 0 Å². The molecular weight excluding hydrogens is 240 g/mol. The minimum Gasteiger partial charge on any atom is -0.314 e. The number of nitrogens with one attached hydrogen (secondary N) is 2. The summed E-state index contributed by atoms with van der Waals surface area (Å²) in [6.45, 7) is 2.29. The summed E-state index contributed by atoms with van der Waals surface area (Å²) in [7, 11) is 0. The molecule has 0 amide bonds. The van der Waals surface area contributed by atoms with E-state index in [9.17, 15) is 0 Å². The Balaban J connectivity index is 1.53. The molecule has 0 aromatic carbocycles. The van der Waals surface area contributed by atoms with E-state index in [1.54, 1.807) is 11.3 Å². The van der Waals surface area contributed by atoms with Gasteiger partial charge in [0.2, 0.25) is 0 Å². The zero-order valence-corrected chi connectivity index (χ0v) is 11.8. The van der Waals surface area contributed by atoms with Crippen molar-refractivity contribution in [1.82, 2.24) is 10.6 Å². The first kappa shape index (κ1) is 12.6. The van der Waals surface area contributed by atoms with Crippen LogP contribution in [-0.2, 0) is 6.54 Å². The molecule has 3 atom stereocenters. The third-order valence-electron chi connectivity index (χ3n) is 4.58. The van der Waals surface area contributed by atoms with E-state index >= 15 is 0 Å². The second-order valence-corrected chi connectivity index (χ2v) is 6.55. The van der Waals surface area contributed by atoms with Crippen molar-refractivity contribution in [2.75, 3.05) is 6.54 Å². The molecule has 18 heavy (non-hydrogen) atoms. The second-order valence-electron chi connectivity index (χ2n) is 5.77. The summed E-state index contributed by atoms with van der Waals surface area (Å²) in [5.74, 6) is 0.865. The van der Waals surface area contributed by atoms with Gasteiger partial charge in [0.1, 0.15) is 0 Å². The SMILES string of the molecule is c1cc(CNC2CCCC2C2CCCCN2)cs1. The molecule has 2 fully saturated rings. The number of hydrogen-bond acceptors (Lipinski definition) is 3. The van der Waals surface area contributed by atoms with E-state index < -0.39 is 0 Å². The highest BCUT2D eigenvalue weighted by molar-refractivity contribution is 7.07. The lowest BCUT2D eigenvalue weighted by molar-refractivity contribution is 0.257. The summed E-state index contributed by atoms with van der Waals surface area (Å²) in [5.41, 5.74) is 1.45. The summed E-state index contributed by atoms with van der Waals surface area (Å²) in [4.78, 5) is 0. The molecule has 1 aliphatic heterocycles. The first-order valence-corrected chi connectivity index (χ1v) is 8.35. The summed E-state index contributed by atoms with van der Waals surface area (Å²) in [6, 6.07) is 3.75. The average Bonchev–Trinajstić information content (AvgIpc) is 3.09. The Hall–Kier alpha value is -0.380. The van der Waals surface area contributed by atoms with Crippen LogP contribution in [-0.4, -0.2) is 18.6 Å². The Kier molecular flexibility index (Phi) is 4.34. The van der Waals surface area contributed by atoms with Crippen molar-refractivity contribution >= 4 is 11.3 Å². The van der Waals surface area contributed by atoms with Crippen molar-refractivity contribution in [1.29, 1.82) is 0 Å². The highest BCUT2D eigenvalue weighted by atomic mass is 32.1. The lowest BCUT2D eigenvalue weighted by Crippen LogP contribution is -2.46. The molecule has 2 heterocycles. The van der Waals surface area contributed by atoms with Crippen molar-refractivity contribution in [2.45, 2.75) is 57.2 Å². The third kappa shape index (κ3) is 2.95. The van der Waals surface area contributed by atoms with Crippen LogP contribution in [0.15, 0.2) is 16.8 Å². The maximum absolute atomic E-state index is 3.80. The van der Waals surface area contributed by atoms with Gasteiger partial charge in [-0.25, -0.2) is 0 Å². The molecule has 3 rings (SSSR count). The van der Waals surface area contributed by atoms with Gasteiger partial charge in [0, 0.05) is 18.6 Å². The zero-order valence-electron chi connectivity index (χ0n) is 11.0. The molecule has 2 aliphatic rings.